The molecule has 0 bridgehead atoms. The highest BCUT2D eigenvalue weighted by atomic mass is 16.3. The van der Waals surface area contributed by atoms with E-state index in [4.69, 9.17) is 0 Å². The molecule has 2 unspecified atom stereocenters. The van der Waals surface area contributed by atoms with Crippen molar-refractivity contribution >= 4 is 5.78 Å². The highest BCUT2D eigenvalue weighted by molar-refractivity contribution is 5.84. The van der Waals surface area contributed by atoms with E-state index in [1.54, 1.807) is 0 Å². The van der Waals surface area contributed by atoms with Crippen LogP contribution in [0.5, 0.6) is 0 Å². The van der Waals surface area contributed by atoms with Crippen LogP contribution in [0, 0.1) is 11.8 Å². The van der Waals surface area contributed by atoms with Gasteiger partial charge in [0.15, 0.2) is 5.78 Å². The number of hydrogen-bond donors (Lipinski definition) is 1. The SMILES string of the molecule is CCC(C)C(=O)C(O)CCC(C)C. The fraction of sp³-hybridized carbons (Fsp3) is 0.909. The molecule has 13 heavy (non-hydrogen) atoms. The summed E-state index contributed by atoms with van der Waals surface area (Å²) in [7, 11) is 0. The summed E-state index contributed by atoms with van der Waals surface area (Å²) < 4.78 is 0. The second-order valence-corrected chi connectivity index (χ2v) is 4.20. The molecule has 0 fully saturated rings. The van der Waals surface area contributed by atoms with Crippen LogP contribution in [0.1, 0.15) is 47.0 Å². The number of carbonyl (C=O) groups excluding carboxylic acids is 1. The quantitative estimate of drug-likeness (QED) is 0.691. The lowest BCUT2D eigenvalue weighted by atomic mass is 9.95. The van der Waals surface area contributed by atoms with E-state index in [0.29, 0.717) is 12.3 Å². The summed E-state index contributed by atoms with van der Waals surface area (Å²) in [5.74, 6) is 0.560. The molecule has 2 atom stereocenters. The number of ketones is 1. The minimum atomic E-state index is -0.739. The second-order valence-electron chi connectivity index (χ2n) is 4.20. The number of Topliss-reactive ketones (excluding diaryl/α,β-unsaturated/α-hetero) is 1. The Labute approximate surface area is 81.3 Å². The molecule has 0 spiro atoms. The van der Waals surface area contributed by atoms with Crippen molar-refractivity contribution in [2.24, 2.45) is 11.8 Å². The average molecular weight is 186 g/mol. The summed E-state index contributed by atoms with van der Waals surface area (Å²) >= 11 is 0. The lowest BCUT2D eigenvalue weighted by molar-refractivity contribution is -0.131. The van der Waals surface area contributed by atoms with Crippen molar-refractivity contribution in [3.05, 3.63) is 0 Å². The molecule has 1 N–H and O–H groups in total. The first-order valence-electron chi connectivity index (χ1n) is 5.20. The van der Waals surface area contributed by atoms with Crippen molar-refractivity contribution in [2.75, 3.05) is 0 Å². The summed E-state index contributed by atoms with van der Waals surface area (Å²) in [5.41, 5.74) is 0. The lowest BCUT2D eigenvalue weighted by Gasteiger charge is -2.14. The van der Waals surface area contributed by atoms with Crippen molar-refractivity contribution in [2.45, 2.75) is 53.1 Å². The monoisotopic (exact) mass is 186 g/mol. The number of hydrogen-bond acceptors (Lipinski definition) is 2. The van der Waals surface area contributed by atoms with E-state index in [9.17, 15) is 9.90 Å². The predicted octanol–water partition coefficient (Wildman–Crippen LogP) is 2.40. The molecule has 78 valence electrons. The molecule has 0 saturated heterocycles. The summed E-state index contributed by atoms with van der Waals surface area (Å²) in [6.07, 6.45) is 1.61. The molecule has 0 aromatic heterocycles. The van der Waals surface area contributed by atoms with Crippen molar-refractivity contribution in [3.8, 4) is 0 Å². The van der Waals surface area contributed by atoms with Gasteiger partial charge >= 0.3 is 0 Å². The van der Waals surface area contributed by atoms with Crippen LogP contribution in [0.25, 0.3) is 0 Å². The van der Waals surface area contributed by atoms with Crippen LogP contribution < -0.4 is 0 Å². The van der Waals surface area contributed by atoms with Gasteiger partial charge in [0, 0.05) is 5.92 Å². The molecule has 0 radical (unpaired) electrons. The minimum Gasteiger partial charge on any atom is -0.385 e. The third-order valence-electron chi connectivity index (χ3n) is 2.44. The number of rotatable bonds is 6. The van der Waals surface area contributed by atoms with Gasteiger partial charge in [-0.25, -0.2) is 0 Å². The highest BCUT2D eigenvalue weighted by Crippen LogP contribution is 2.12. The number of aliphatic hydroxyl groups is 1. The van der Waals surface area contributed by atoms with Gasteiger partial charge in [0.05, 0.1) is 0 Å². The molecule has 0 rings (SSSR count). The van der Waals surface area contributed by atoms with Gasteiger partial charge in [-0.05, 0) is 25.2 Å². The zero-order valence-corrected chi connectivity index (χ0v) is 9.21. The fourth-order valence-corrected chi connectivity index (χ4v) is 1.16. The fourth-order valence-electron chi connectivity index (χ4n) is 1.16. The molecule has 0 heterocycles. The largest absolute Gasteiger partial charge is 0.385 e. The van der Waals surface area contributed by atoms with Crippen LogP contribution in [0.4, 0.5) is 0 Å². The molecule has 2 nitrogen and oxygen atoms in total. The zero-order valence-electron chi connectivity index (χ0n) is 9.21. The van der Waals surface area contributed by atoms with Gasteiger partial charge in [-0.3, -0.25) is 4.79 Å². The van der Waals surface area contributed by atoms with Crippen molar-refractivity contribution < 1.29 is 9.90 Å². The van der Waals surface area contributed by atoms with Gasteiger partial charge < -0.3 is 5.11 Å². The molecule has 0 aromatic carbocycles. The first-order valence-corrected chi connectivity index (χ1v) is 5.20. The van der Waals surface area contributed by atoms with Gasteiger partial charge in [0.25, 0.3) is 0 Å². The molecule has 0 aliphatic rings. The first kappa shape index (κ1) is 12.6. The maximum Gasteiger partial charge on any atom is 0.164 e. The Kier molecular flexibility index (Phi) is 5.97. The molecule has 2 heteroatoms. The summed E-state index contributed by atoms with van der Waals surface area (Å²) in [5, 5.41) is 9.52. The van der Waals surface area contributed by atoms with Crippen LogP contribution in [-0.2, 0) is 4.79 Å². The standard InChI is InChI=1S/C11H22O2/c1-5-9(4)11(13)10(12)7-6-8(2)3/h8-10,12H,5-7H2,1-4H3. The van der Waals surface area contributed by atoms with E-state index in [0.717, 1.165) is 12.8 Å². The van der Waals surface area contributed by atoms with Crippen molar-refractivity contribution in [1.82, 2.24) is 0 Å². The number of aliphatic hydroxyl groups excluding tert-OH is 1. The highest BCUT2D eigenvalue weighted by Gasteiger charge is 2.19. The molecule has 0 aliphatic carbocycles. The van der Waals surface area contributed by atoms with E-state index in [1.807, 2.05) is 13.8 Å². The van der Waals surface area contributed by atoms with Crippen LogP contribution in [0.2, 0.25) is 0 Å². The van der Waals surface area contributed by atoms with Crippen LogP contribution in [0.15, 0.2) is 0 Å². The Morgan fingerprint density at radius 2 is 1.77 bits per heavy atom. The molecule has 0 aromatic rings. The normalized spacial score (nSPS) is 15.8. The third kappa shape index (κ3) is 5.04. The maximum absolute atomic E-state index is 11.4. The molecule has 0 amide bonds. The minimum absolute atomic E-state index is 0.00200. The van der Waals surface area contributed by atoms with Gasteiger partial charge in [0.2, 0.25) is 0 Å². The Morgan fingerprint density at radius 3 is 2.15 bits per heavy atom. The van der Waals surface area contributed by atoms with E-state index in [1.165, 1.54) is 0 Å². The summed E-state index contributed by atoms with van der Waals surface area (Å²) in [6.45, 7) is 8.04. The van der Waals surface area contributed by atoms with Gasteiger partial charge in [-0.15, -0.1) is 0 Å². The van der Waals surface area contributed by atoms with Gasteiger partial charge in [-0.1, -0.05) is 27.7 Å². The Bertz CT molecular complexity index is 152. The third-order valence-corrected chi connectivity index (χ3v) is 2.44. The van der Waals surface area contributed by atoms with Crippen LogP contribution in [-0.4, -0.2) is 17.0 Å². The van der Waals surface area contributed by atoms with Gasteiger partial charge in [-0.2, -0.15) is 0 Å². The summed E-state index contributed by atoms with van der Waals surface area (Å²) in [6, 6.07) is 0. The Hall–Kier alpha value is -0.370. The molecular weight excluding hydrogens is 164 g/mol. The smallest absolute Gasteiger partial charge is 0.164 e. The molecule has 0 saturated carbocycles. The van der Waals surface area contributed by atoms with E-state index >= 15 is 0 Å². The topological polar surface area (TPSA) is 37.3 Å². The predicted molar refractivity (Wildman–Crippen MR) is 54.5 cm³/mol. The molecular formula is C11H22O2. The maximum atomic E-state index is 11.4. The first-order chi connectivity index (χ1) is 5.99. The Morgan fingerprint density at radius 1 is 1.23 bits per heavy atom. The average Bonchev–Trinajstić information content (AvgIpc) is 2.11. The van der Waals surface area contributed by atoms with E-state index in [2.05, 4.69) is 13.8 Å². The van der Waals surface area contributed by atoms with Crippen molar-refractivity contribution in [1.29, 1.82) is 0 Å². The van der Waals surface area contributed by atoms with Crippen LogP contribution >= 0.6 is 0 Å². The lowest BCUT2D eigenvalue weighted by Crippen LogP contribution is -2.26. The zero-order chi connectivity index (χ0) is 10.4. The Balaban J connectivity index is 3.82. The van der Waals surface area contributed by atoms with E-state index in [-0.39, 0.29) is 11.7 Å². The number of carbonyl (C=O) groups is 1. The summed E-state index contributed by atoms with van der Waals surface area (Å²) in [4.78, 5) is 11.4. The molecule has 0 aliphatic heterocycles. The van der Waals surface area contributed by atoms with Crippen molar-refractivity contribution in [3.63, 3.8) is 0 Å². The second kappa shape index (κ2) is 6.14. The van der Waals surface area contributed by atoms with E-state index < -0.39 is 6.10 Å². The van der Waals surface area contributed by atoms with Gasteiger partial charge in [0.1, 0.15) is 6.10 Å². The van der Waals surface area contributed by atoms with Crippen LogP contribution in [0.3, 0.4) is 0 Å².